The van der Waals surface area contributed by atoms with Crippen LogP contribution in [0.1, 0.15) is 25.1 Å². The molecule has 0 aromatic carbocycles. The van der Waals surface area contributed by atoms with Crippen LogP contribution in [0.3, 0.4) is 0 Å². The molecule has 20 heavy (non-hydrogen) atoms. The number of nitrogens with zero attached hydrogens (tertiary/aromatic N) is 3. The average Bonchev–Trinajstić information content (AvgIpc) is 2.42. The number of pyridine rings is 1. The molecule has 1 heterocycles. The SMILES string of the molecule is CC(C)C(CN(C)C)NCc1cccnc1C(N)=NO. The first kappa shape index (κ1) is 16.4. The third kappa shape index (κ3) is 4.79. The number of aromatic nitrogens is 1. The molecular weight excluding hydrogens is 254 g/mol. The summed E-state index contributed by atoms with van der Waals surface area (Å²) < 4.78 is 0. The Morgan fingerprint density at radius 2 is 2.20 bits per heavy atom. The van der Waals surface area contributed by atoms with Crippen LogP contribution >= 0.6 is 0 Å². The number of nitrogens with one attached hydrogen (secondary N) is 1. The number of oxime groups is 1. The first-order chi connectivity index (χ1) is 9.45. The standard InChI is InChI=1S/C14H25N5O/c1-10(2)12(9-19(3)4)17-8-11-6-5-7-16-13(11)14(15)18-20/h5-7,10,12,17,20H,8-9H2,1-4H3,(H2,15,18). The fourth-order valence-corrected chi connectivity index (χ4v) is 2.00. The summed E-state index contributed by atoms with van der Waals surface area (Å²) in [6, 6.07) is 4.15. The minimum absolute atomic E-state index is 0.0381. The van der Waals surface area contributed by atoms with E-state index in [-0.39, 0.29) is 5.84 Å². The highest BCUT2D eigenvalue weighted by atomic mass is 16.4. The molecule has 1 unspecified atom stereocenters. The molecule has 6 nitrogen and oxygen atoms in total. The van der Waals surface area contributed by atoms with Gasteiger partial charge in [-0.15, -0.1) is 0 Å². The van der Waals surface area contributed by atoms with Gasteiger partial charge in [0.1, 0.15) is 5.69 Å². The van der Waals surface area contributed by atoms with Gasteiger partial charge in [0.05, 0.1) is 0 Å². The van der Waals surface area contributed by atoms with Gasteiger partial charge in [-0.3, -0.25) is 4.98 Å². The molecule has 1 aromatic rings. The van der Waals surface area contributed by atoms with E-state index >= 15 is 0 Å². The van der Waals surface area contributed by atoms with E-state index in [9.17, 15) is 0 Å². The van der Waals surface area contributed by atoms with Crippen molar-refractivity contribution < 1.29 is 5.21 Å². The Hall–Kier alpha value is -1.66. The second-order valence-corrected chi connectivity index (χ2v) is 5.49. The summed E-state index contributed by atoms with van der Waals surface area (Å²) in [4.78, 5) is 6.33. The number of likely N-dealkylation sites (N-methyl/N-ethyl adjacent to an activating group) is 1. The highest BCUT2D eigenvalue weighted by Gasteiger charge is 2.15. The third-order valence-corrected chi connectivity index (χ3v) is 3.16. The van der Waals surface area contributed by atoms with Gasteiger partial charge in [0.15, 0.2) is 5.84 Å². The monoisotopic (exact) mass is 279 g/mol. The van der Waals surface area contributed by atoms with E-state index in [2.05, 4.69) is 48.3 Å². The van der Waals surface area contributed by atoms with Crippen molar-refractivity contribution in [1.82, 2.24) is 15.2 Å². The summed E-state index contributed by atoms with van der Waals surface area (Å²) in [5, 5.41) is 15.3. The van der Waals surface area contributed by atoms with Crippen LogP contribution in [0.2, 0.25) is 0 Å². The molecular formula is C14H25N5O. The van der Waals surface area contributed by atoms with Crippen molar-refractivity contribution in [3.63, 3.8) is 0 Å². The zero-order chi connectivity index (χ0) is 15.1. The Bertz CT molecular complexity index is 445. The highest BCUT2D eigenvalue weighted by Crippen LogP contribution is 2.08. The topological polar surface area (TPSA) is 86.8 Å². The Balaban J connectivity index is 2.78. The lowest BCUT2D eigenvalue weighted by molar-refractivity contribution is 0.288. The zero-order valence-electron chi connectivity index (χ0n) is 12.7. The molecule has 0 saturated heterocycles. The normalized spacial score (nSPS) is 14.0. The van der Waals surface area contributed by atoms with Crippen LogP contribution in [0.15, 0.2) is 23.5 Å². The second-order valence-electron chi connectivity index (χ2n) is 5.49. The van der Waals surface area contributed by atoms with Crippen molar-refractivity contribution in [2.45, 2.75) is 26.4 Å². The van der Waals surface area contributed by atoms with Crippen LogP contribution in [0.5, 0.6) is 0 Å². The predicted molar refractivity (Wildman–Crippen MR) is 80.8 cm³/mol. The summed E-state index contributed by atoms with van der Waals surface area (Å²) in [7, 11) is 4.12. The molecule has 0 aliphatic carbocycles. The molecule has 1 aromatic heterocycles. The van der Waals surface area contributed by atoms with E-state index in [1.807, 2.05) is 12.1 Å². The summed E-state index contributed by atoms with van der Waals surface area (Å²) in [5.41, 5.74) is 7.09. The van der Waals surface area contributed by atoms with Crippen LogP contribution in [0.25, 0.3) is 0 Å². The lowest BCUT2D eigenvalue weighted by atomic mass is 10.0. The molecule has 0 aliphatic heterocycles. The summed E-state index contributed by atoms with van der Waals surface area (Å²) in [6.45, 7) is 5.97. The van der Waals surface area contributed by atoms with Crippen LogP contribution in [-0.4, -0.2) is 47.6 Å². The van der Waals surface area contributed by atoms with Crippen LogP contribution in [0.4, 0.5) is 0 Å². The molecule has 0 fully saturated rings. The van der Waals surface area contributed by atoms with Gasteiger partial charge in [0.2, 0.25) is 0 Å². The number of hydrogen-bond donors (Lipinski definition) is 3. The smallest absolute Gasteiger partial charge is 0.189 e. The van der Waals surface area contributed by atoms with Crippen molar-refractivity contribution in [1.29, 1.82) is 0 Å². The minimum Gasteiger partial charge on any atom is -0.409 e. The Morgan fingerprint density at radius 1 is 1.50 bits per heavy atom. The van der Waals surface area contributed by atoms with Crippen molar-refractivity contribution in [3.05, 3.63) is 29.6 Å². The van der Waals surface area contributed by atoms with Crippen molar-refractivity contribution in [3.8, 4) is 0 Å². The van der Waals surface area contributed by atoms with Gasteiger partial charge in [-0.2, -0.15) is 0 Å². The first-order valence-corrected chi connectivity index (χ1v) is 6.75. The largest absolute Gasteiger partial charge is 0.409 e. The van der Waals surface area contributed by atoms with Crippen LogP contribution < -0.4 is 11.1 Å². The molecule has 0 amide bonds. The van der Waals surface area contributed by atoms with Crippen LogP contribution in [0, 0.1) is 5.92 Å². The molecule has 0 radical (unpaired) electrons. The highest BCUT2D eigenvalue weighted by molar-refractivity contribution is 5.96. The van der Waals surface area contributed by atoms with E-state index in [4.69, 9.17) is 10.9 Å². The first-order valence-electron chi connectivity index (χ1n) is 6.75. The number of rotatable bonds is 7. The van der Waals surface area contributed by atoms with Crippen molar-refractivity contribution in [2.24, 2.45) is 16.8 Å². The molecule has 0 spiro atoms. The van der Waals surface area contributed by atoms with E-state index in [1.165, 1.54) is 0 Å². The van der Waals surface area contributed by atoms with Crippen molar-refractivity contribution >= 4 is 5.84 Å². The van der Waals surface area contributed by atoms with Gasteiger partial charge in [-0.1, -0.05) is 25.1 Å². The van der Waals surface area contributed by atoms with Gasteiger partial charge in [0, 0.05) is 25.3 Å². The fraction of sp³-hybridized carbons (Fsp3) is 0.571. The molecule has 1 rings (SSSR count). The Labute approximate surface area is 120 Å². The minimum atomic E-state index is 0.0381. The molecule has 1 atom stereocenters. The van der Waals surface area contributed by atoms with Gasteiger partial charge in [-0.25, -0.2) is 0 Å². The lowest BCUT2D eigenvalue weighted by Crippen LogP contribution is -2.41. The number of hydrogen-bond acceptors (Lipinski definition) is 5. The molecule has 0 saturated carbocycles. The average molecular weight is 279 g/mol. The lowest BCUT2D eigenvalue weighted by Gasteiger charge is -2.26. The summed E-state index contributed by atoms with van der Waals surface area (Å²) in [5.74, 6) is 0.553. The summed E-state index contributed by atoms with van der Waals surface area (Å²) >= 11 is 0. The maximum atomic E-state index is 8.79. The maximum absolute atomic E-state index is 8.79. The van der Waals surface area contributed by atoms with E-state index in [1.54, 1.807) is 6.20 Å². The van der Waals surface area contributed by atoms with E-state index < -0.39 is 0 Å². The fourth-order valence-electron chi connectivity index (χ4n) is 2.00. The van der Waals surface area contributed by atoms with E-state index in [0.29, 0.717) is 24.2 Å². The van der Waals surface area contributed by atoms with Crippen LogP contribution in [-0.2, 0) is 6.54 Å². The summed E-state index contributed by atoms with van der Waals surface area (Å²) in [6.07, 6.45) is 1.64. The molecule has 6 heteroatoms. The second kappa shape index (κ2) is 7.81. The third-order valence-electron chi connectivity index (χ3n) is 3.16. The number of amidine groups is 1. The van der Waals surface area contributed by atoms with Gasteiger partial charge >= 0.3 is 0 Å². The Kier molecular flexibility index (Phi) is 6.41. The van der Waals surface area contributed by atoms with Gasteiger partial charge in [0.25, 0.3) is 0 Å². The molecule has 0 aliphatic rings. The molecule has 112 valence electrons. The maximum Gasteiger partial charge on any atom is 0.189 e. The molecule has 0 bridgehead atoms. The predicted octanol–water partition coefficient (Wildman–Crippen LogP) is 0.852. The Morgan fingerprint density at radius 3 is 2.75 bits per heavy atom. The van der Waals surface area contributed by atoms with Gasteiger partial charge in [-0.05, 0) is 31.6 Å². The quantitative estimate of drug-likeness (QED) is 0.298. The number of nitrogens with two attached hydrogens (primary N) is 1. The molecule has 4 N–H and O–H groups in total. The van der Waals surface area contributed by atoms with E-state index in [0.717, 1.165) is 12.1 Å². The zero-order valence-corrected chi connectivity index (χ0v) is 12.7. The van der Waals surface area contributed by atoms with Crippen molar-refractivity contribution in [2.75, 3.05) is 20.6 Å². The van der Waals surface area contributed by atoms with Gasteiger partial charge < -0.3 is 21.2 Å².